The Balaban J connectivity index is 4.04. The Kier molecular flexibility index (Phi) is 5.81. The molecule has 0 aromatic heterocycles. The van der Waals surface area contributed by atoms with Gasteiger partial charge in [-0.15, -0.1) is 0 Å². The first-order valence-corrected chi connectivity index (χ1v) is 5.20. The molecule has 0 heterocycles. The highest BCUT2D eigenvalue weighted by atomic mass is 16.4. The maximum absolute atomic E-state index is 11.3. The van der Waals surface area contributed by atoms with Gasteiger partial charge < -0.3 is 20.8 Å². The average Bonchev–Trinajstić information content (AvgIpc) is 2.22. The van der Waals surface area contributed by atoms with Crippen LogP contribution in [0.5, 0.6) is 0 Å². The lowest BCUT2D eigenvalue weighted by Crippen LogP contribution is -2.49. The Morgan fingerprint density at radius 3 is 2.31 bits per heavy atom. The van der Waals surface area contributed by atoms with E-state index in [0.717, 1.165) is 6.42 Å². The van der Waals surface area contributed by atoms with Crippen LogP contribution in [0.2, 0.25) is 0 Å². The van der Waals surface area contributed by atoms with Gasteiger partial charge >= 0.3 is 12.0 Å². The van der Waals surface area contributed by atoms with Gasteiger partial charge in [0.2, 0.25) is 0 Å². The minimum atomic E-state index is -1.26. The number of hydrogen-bond donors (Lipinski definition) is 4. The summed E-state index contributed by atoms with van der Waals surface area (Å²) in [6.07, 6.45) is 0.898. The van der Waals surface area contributed by atoms with Crippen molar-refractivity contribution < 1.29 is 19.8 Å². The van der Waals surface area contributed by atoms with Crippen LogP contribution in [-0.4, -0.2) is 41.4 Å². The van der Waals surface area contributed by atoms with E-state index >= 15 is 0 Å². The van der Waals surface area contributed by atoms with E-state index in [9.17, 15) is 9.59 Å². The molecule has 0 unspecified atom stereocenters. The molecular weight excluding hydrogens is 212 g/mol. The van der Waals surface area contributed by atoms with Crippen LogP contribution in [0.25, 0.3) is 0 Å². The standard InChI is InChI=1S/C10H20N2O4/c1-4-10(2,3)6-11-9(16)12-7(5-13)8(14)15/h7,13H,4-6H2,1-3H3,(H,14,15)(H2,11,12,16)/t7-/m0/s1. The van der Waals surface area contributed by atoms with Gasteiger partial charge in [0.1, 0.15) is 0 Å². The highest BCUT2D eigenvalue weighted by Crippen LogP contribution is 2.17. The molecule has 0 aromatic carbocycles. The average molecular weight is 232 g/mol. The topological polar surface area (TPSA) is 98.7 Å². The molecule has 0 aliphatic heterocycles. The fourth-order valence-electron chi connectivity index (χ4n) is 0.839. The molecule has 0 radical (unpaired) electrons. The normalized spacial score (nSPS) is 13.0. The lowest BCUT2D eigenvalue weighted by molar-refractivity contribution is -0.140. The number of nitrogens with one attached hydrogen (secondary N) is 2. The summed E-state index contributed by atoms with van der Waals surface area (Å²) in [7, 11) is 0. The highest BCUT2D eigenvalue weighted by Gasteiger charge is 2.20. The molecule has 0 spiro atoms. The minimum absolute atomic E-state index is 0.0325. The fraction of sp³-hybridized carbons (Fsp3) is 0.800. The number of aliphatic carboxylic acids is 1. The molecule has 0 saturated carbocycles. The zero-order valence-corrected chi connectivity index (χ0v) is 9.91. The lowest BCUT2D eigenvalue weighted by atomic mass is 9.90. The van der Waals surface area contributed by atoms with Crippen LogP contribution in [-0.2, 0) is 4.79 Å². The summed E-state index contributed by atoms with van der Waals surface area (Å²) in [6.45, 7) is 5.82. The van der Waals surface area contributed by atoms with Crippen molar-refractivity contribution >= 4 is 12.0 Å². The summed E-state index contributed by atoms with van der Waals surface area (Å²) in [5.41, 5.74) is -0.0325. The second-order valence-corrected chi connectivity index (χ2v) is 4.42. The van der Waals surface area contributed by atoms with E-state index in [1.54, 1.807) is 0 Å². The number of urea groups is 1. The van der Waals surface area contributed by atoms with Crippen molar-refractivity contribution in [2.24, 2.45) is 5.41 Å². The first-order valence-electron chi connectivity index (χ1n) is 5.20. The number of carboxylic acids is 1. The Labute approximate surface area is 95.0 Å². The minimum Gasteiger partial charge on any atom is -0.480 e. The van der Waals surface area contributed by atoms with Gasteiger partial charge in [0, 0.05) is 6.54 Å². The molecule has 4 N–H and O–H groups in total. The van der Waals surface area contributed by atoms with E-state index in [-0.39, 0.29) is 5.41 Å². The van der Waals surface area contributed by atoms with Crippen molar-refractivity contribution in [1.29, 1.82) is 0 Å². The van der Waals surface area contributed by atoms with Crippen LogP contribution < -0.4 is 10.6 Å². The zero-order valence-electron chi connectivity index (χ0n) is 9.91. The second-order valence-electron chi connectivity index (χ2n) is 4.42. The molecule has 0 aromatic rings. The summed E-state index contributed by atoms with van der Waals surface area (Å²) < 4.78 is 0. The maximum atomic E-state index is 11.3. The summed E-state index contributed by atoms with van der Waals surface area (Å²) in [6, 6.07) is -1.84. The second kappa shape index (κ2) is 6.32. The van der Waals surface area contributed by atoms with Gasteiger partial charge in [-0.25, -0.2) is 9.59 Å². The predicted octanol–water partition coefficient (Wildman–Crippen LogP) is 0.167. The van der Waals surface area contributed by atoms with Crippen LogP contribution in [0.4, 0.5) is 4.79 Å². The monoisotopic (exact) mass is 232 g/mol. The fourth-order valence-corrected chi connectivity index (χ4v) is 0.839. The van der Waals surface area contributed by atoms with Crippen molar-refractivity contribution in [2.75, 3.05) is 13.2 Å². The Hall–Kier alpha value is -1.30. The molecule has 2 amide bonds. The smallest absolute Gasteiger partial charge is 0.328 e. The molecular formula is C10H20N2O4. The Bertz CT molecular complexity index is 253. The molecule has 0 aliphatic rings. The van der Waals surface area contributed by atoms with E-state index in [2.05, 4.69) is 10.6 Å². The number of amides is 2. The molecule has 16 heavy (non-hydrogen) atoms. The van der Waals surface area contributed by atoms with Crippen LogP contribution in [0.15, 0.2) is 0 Å². The van der Waals surface area contributed by atoms with Crippen molar-refractivity contribution in [3.05, 3.63) is 0 Å². The van der Waals surface area contributed by atoms with Crippen molar-refractivity contribution in [3.8, 4) is 0 Å². The van der Waals surface area contributed by atoms with Gasteiger partial charge in [0.15, 0.2) is 6.04 Å². The number of carbonyl (C=O) groups excluding carboxylic acids is 1. The third-order valence-corrected chi connectivity index (χ3v) is 2.47. The van der Waals surface area contributed by atoms with Crippen LogP contribution >= 0.6 is 0 Å². The van der Waals surface area contributed by atoms with E-state index in [4.69, 9.17) is 10.2 Å². The predicted molar refractivity (Wildman–Crippen MR) is 59.1 cm³/mol. The third kappa shape index (κ3) is 5.55. The van der Waals surface area contributed by atoms with Crippen LogP contribution in [0.3, 0.4) is 0 Å². The van der Waals surface area contributed by atoms with Crippen molar-refractivity contribution in [1.82, 2.24) is 10.6 Å². The summed E-state index contributed by atoms with van der Waals surface area (Å²) in [5, 5.41) is 22.0. The molecule has 0 rings (SSSR count). The van der Waals surface area contributed by atoms with Gasteiger partial charge in [-0.2, -0.15) is 0 Å². The highest BCUT2D eigenvalue weighted by molar-refractivity contribution is 5.82. The summed E-state index contributed by atoms with van der Waals surface area (Å²) >= 11 is 0. The number of hydrogen-bond acceptors (Lipinski definition) is 3. The molecule has 1 atom stereocenters. The van der Waals surface area contributed by atoms with E-state index in [0.29, 0.717) is 6.54 Å². The van der Waals surface area contributed by atoms with E-state index in [1.807, 2.05) is 20.8 Å². The number of aliphatic hydroxyl groups is 1. The van der Waals surface area contributed by atoms with Gasteiger partial charge in [0.25, 0.3) is 0 Å². The summed E-state index contributed by atoms with van der Waals surface area (Å²) in [4.78, 5) is 21.8. The number of aliphatic hydroxyl groups excluding tert-OH is 1. The van der Waals surface area contributed by atoms with Crippen molar-refractivity contribution in [2.45, 2.75) is 33.2 Å². The first kappa shape index (κ1) is 14.7. The van der Waals surface area contributed by atoms with Gasteiger partial charge in [-0.1, -0.05) is 20.8 Å². The molecule has 0 bridgehead atoms. The molecule has 6 nitrogen and oxygen atoms in total. The molecule has 0 aliphatic carbocycles. The number of carboxylic acid groups (broad SMARTS) is 1. The van der Waals surface area contributed by atoms with E-state index in [1.165, 1.54) is 0 Å². The SMILES string of the molecule is CCC(C)(C)CNC(=O)N[C@@H](CO)C(=O)O. The maximum Gasteiger partial charge on any atom is 0.328 e. The van der Waals surface area contributed by atoms with E-state index < -0.39 is 24.6 Å². The molecule has 0 saturated heterocycles. The van der Waals surface area contributed by atoms with Gasteiger partial charge in [0.05, 0.1) is 6.61 Å². The van der Waals surface area contributed by atoms with Crippen molar-refractivity contribution in [3.63, 3.8) is 0 Å². The quantitative estimate of drug-likeness (QED) is 0.524. The largest absolute Gasteiger partial charge is 0.480 e. The molecule has 94 valence electrons. The number of carbonyl (C=O) groups is 2. The Morgan fingerprint density at radius 1 is 1.38 bits per heavy atom. The third-order valence-electron chi connectivity index (χ3n) is 2.47. The first-order chi connectivity index (χ1) is 7.32. The lowest BCUT2D eigenvalue weighted by Gasteiger charge is -2.23. The molecule has 0 fully saturated rings. The van der Waals surface area contributed by atoms with Gasteiger partial charge in [-0.3, -0.25) is 0 Å². The summed E-state index contributed by atoms with van der Waals surface area (Å²) in [5.74, 6) is -1.26. The zero-order chi connectivity index (χ0) is 12.8. The van der Waals surface area contributed by atoms with Crippen LogP contribution in [0.1, 0.15) is 27.2 Å². The van der Waals surface area contributed by atoms with Crippen LogP contribution in [0, 0.1) is 5.41 Å². The molecule has 6 heteroatoms. The number of rotatable bonds is 6. The van der Waals surface area contributed by atoms with Gasteiger partial charge in [-0.05, 0) is 11.8 Å². The Morgan fingerprint density at radius 2 is 1.94 bits per heavy atom.